The van der Waals surface area contributed by atoms with Crippen LogP contribution in [0.25, 0.3) is 0 Å². The van der Waals surface area contributed by atoms with Crippen LogP contribution in [0.15, 0.2) is 18.2 Å². The first-order valence-corrected chi connectivity index (χ1v) is 10.2. The molecule has 0 aromatic heterocycles. The van der Waals surface area contributed by atoms with Gasteiger partial charge in [-0.05, 0) is 63.3 Å². The topological polar surface area (TPSA) is 50.4 Å². The Labute approximate surface area is 176 Å². The molecule has 174 valence electrons. The number of carbonyl (C=O) groups is 1. The molecule has 0 bridgehead atoms. The van der Waals surface area contributed by atoms with E-state index in [-0.39, 0.29) is 36.1 Å². The van der Waals surface area contributed by atoms with Gasteiger partial charge in [-0.1, -0.05) is 0 Å². The Kier molecular flexibility index (Phi) is 6.63. The van der Waals surface area contributed by atoms with Crippen LogP contribution in [-0.4, -0.2) is 30.6 Å². The molecule has 1 saturated carbocycles. The highest BCUT2D eigenvalue weighted by molar-refractivity contribution is 5.81. The van der Waals surface area contributed by atoms with Crippen molar-refractivity contribution in [2.75, 3.05) is 13.2 Å². The third-order valence-electron chi connectivity index (χ3n) is 5.85. The Bertz CT molecular complexity index is 764. The van der Waals surface area contributed by atoms with Crippen molar-refractivity contribution in [1.82, 2.24) is 10.6 Å². The highest BCUT2D eigenvalue weighted by Gasteiger charge is 2.38. The van der Waals surface area contributed by atoms with Crippen molar-refractivity contribution in [2.24, 2.45) is 5.92 Å². The number of halogens is 6. The van der Waals surface area contributed by atoms with Gasteiger partial charge in [-0.15, -0.1) is 0 Å². The molecule has 1 heterocycles. The van der Waals surface area contributed by atoms with E-state index in [9.17, 15) is 31.1 Å². The Morgan fingerprint density at radius 1 is 1.13 bits per heavy atom. The SMILES string of the molecule is CC(OCC1(C)CCC(NC(=O)C2CC2)CN1)c1cc(C(F)(F)F)cc(C(F)(F)F)c1. The number of nitrogens with one attached hydrogen (secondary N) is 2. The minimum atomic E-state index is -4.90. The number of rotatable bonds is 6. The van der Waals surface area contributed by atoms with Gasteiger partial charge < -0.3 is 15.4 Å². The van der Waals surface area contributed by atoms with Gasteiger partial charge in [0.05, 0.1) is 23.8 Å². The Hall–Kier alpha value is -1.81. The van der Waals surface area contributed by atoms with E-state index in [1.54, 1.807) is 0 Å². The smallest absolute Gasteiger partial charge is 0.372 e. The Morgan fingerprint density at radius 3 is 2.16 bits per heavy atom. The van der Waals surface area contributed by atoms with Gasteiger partial charge in [0.15, 0.2) is 0 Å². The first kappa shape index (κ1) is 23.8. The molecule has 0 radical (unpaired) electrons. The number of benzene rings is 1. The molecule has 3 rings (SSSR count). The number of ether oxygens (including phenoxy) is 1. The lowest BCUT2D eigenvalue weighted by atomic mass is 9.89. The number of hydrogen-bond donors (Lipinski definition) is 2. The van der Waals surface area contributed by atoms with Crippen LogP contribution >= 0.6 is 0 Å². The standard InChI is InChI=1S/C21H26F6N2O2/c1-12(14-7-15(20(22,23)24)9-16(8-14)21(25,26)27)31-11-19(2)6-5-17(10-28-19)29-18(30)13-3-4-13/h7-9,12-13,17,28H,3-6,10-11H2,1-2H3,(H,29,30). The van der Waals surface area contributed by atoms with Crippen molar-refractivity contribution in [3.63, 3.8) is 0 Å². The van der Waals surface area contributed by atoms with Gasteiger partial charge in [0.2, 0.25) is 5.91 Å². The number of amides is 1. The average Bonchev–Trinajstić information content (AvgIpc) is 3.52. The monoisotopic (exact) mass is 452 g/mol. The maximum absolute atomic E-state index is 13.1. The zero-order valence-corrected chi connectivity index (χ0v) is 17.3. The number of carbonyl (C=O) groups excluding carboxylic acids is 1. The molecule has 1 aromatic rings. The summed E-state index contributed by atoms with van der Waals surface area (Å²) in [5.74, 6) is 0.178. The van der Waals surface area contributed by atoms with E-state index in [2.05, 4.69) is 10.6 Å². The van der Waals surface area contributed by atoms with Crippen LogP contribution in [0, 0.1) is 5.92 Å². The summed E-state index contributed by atoms with van der Waals surface area (Å²) in [5, 5.41) is 6.28. The fourth-order valence-corrected chi connectivity index (χ4v) is 3.58. The third kappa shape index (κ3) is 6.35. The summed E-state index contributed by atoms with van der Waals surface area (Å²) >= 11 is 0. The normalized spacial score (nSPS) is 25.9. The predicted molar refractivity (Wildman–Crippen MR) is 101 cm³/mol. The molecule has 31 heavy (non-hydrogen) atoms. The minimum absolute atomic E-state index is 0.00332. The second-order valence-electron chi connectivity index (χ2n) is 8.75. The quantitative estimate of drug-likeness (QED) is 0.608. The van der Waals surface area contributed by atoms with Crippen LogP contribution in [0.4, 0.5) is 26.3 Å². The van der Waals surface area contributed by atoms with Crippen molar-refractivity contribution >= 4 is 5.91 Å². The summed E-state index contributed by atoms with van der Waals surface area (Å²) in [6.45, 7) is 3.94. The summed E-state index contributed by atoms with van der Waals surface area (Å²) in [6, 6.07) is 1.49. The molecule has 2 aliphatic rings. The van der Waals surface area contributed by atoms with E-state index < -0.39 is 35.1 Å². The van der Waals surface area contributed by atoms with Crippen molar-refractivity contribution in [3.05, 3.63) is 34.9 Å². The summed E-state index contributed by atoms with van der Waals surface area (Å²) in [6.07, 6.45) is -7.57. The van der Waals surface area contributed by atoms with Crippen molar-refractivity contribution in [1.29, 1.82) is 0 Å². The van der Waals surface area contributed by atoms with Gasteiger partial charge >= 0.3 is 12.4 Å². The first-order valence-electron chi connectivity index (χ1n) is 10.2. The largest absolute Gasteiger partial charge is 0.416 e. The summed E-state index contributed by atoms with van der Waals surface area (Å²) in [7, 11) is 0. The minimum Gasteiger partial charge on any atom is -0.372 e. The van der Waals surface area contributed by atoms with Crippen LogP contribution in [0.5, 0.6) is 0 Å². The molecule has 4 nitrogen and oxygen atoms in total. The predicted octanol–water partition coefficient (Wildman–Crippen LogP) is 4.84. The number of hydrogen-bond acceptors (Lipinski definition) is 3. The molecule has 1 aliphatic heterocycles. The van der Waals surface area contributed by atoms with E-state index in [1.165, 1.54) is 6.92 Å². The van der Waals surface area contributed by atoms with Crippen LogP contribution in [0.2, 0.25) is 0 Å². The van der Waals surface area contributed by atoms with E-state index in [0.29, 0.717) is 31.5 Å². The molecule has 10 heteroatoms. The van der Waals surface area contributed by atoms with Gasteiger partial charge in [-0.2, -0.15) is 26.3 Å². The van der Waals surface area contributed by atoms with Crippen LogP contribution in [0.1, 0.15) is 62.3 Å². The molecule has 3 atom stereocenters. The third-order valence-corrected chi connectivity index (χ3v) is 5.85. The van der Waals surface area contributed by atoms with E-state index in [1.807, 2.05) is 6.92 Å². The zero-order valence-electron chi connectivity index (χ0n) is 17.3. The van der Waals surface area contributed by atoms with Crippen molar-refractivity contribution in [3.8, 4) is 0 Å². The molecule has 1 saturated heterocycles. The highest BCUT2D eigenvalue weighted by Crippen LogP contribution is 2.38. The molecule has 3 unspecified atom stereocenters. The lowest BCUT2D eigenvalue weighted by molar-refractivity contribution is -0.143. The van der Waals surface area contributed by atoms with Gasteiger partial charge in [0.25, 0.3) is 0 Å². The van der Waals surface area contributed by atoms with Gasteiger partial charge in [0, 0.05) is 24.0 Å². The van der Waals surface area contributed by atoms with Gasteiger partial charge in [0.1, 0.15) is 0 Å². The molecule has 1 aromatic carbocycles. The first-order chi connectivity index (χ1) is 14.3. The highest BCUT2D eigenvalue weighted by atomic mass is 19.4. The zero-order chi connectivity index (χ0) is 23.0. The van der Waals surface area contributed by atoms with Crippen molar-refractivity contribution in [2.45, 2.75) is 69.6 Å². The molecule has 2 N–H and O–H groups in total. The molecule has 2 fully saturated rings. The fraction of sp³-hybridized carbons (Fsp3) is 0.667. The maximum Gasteiger partial charge on any atom is 0.416 e. The van der Waals surface area contributed by atoms with Crippen LogP contribution in [-0.2, 0) is 21.9 Å². The summed E-state index contributed by atoms with van der Waals surface area (Å²) in [4.78, 5) is 11.9. The molecule has 0 spiro atoms. The van der Waals surface area contributed by atoms with E-state index >= 15 is 0 Å². The van der Waals surface area contributed by atoms with E-state index in [4.69, 9.17) is 4.74 Å². The maximum atomic E-state index is 13.1. The lowest BCUT2D eigenvalue weighted by Crippen LogP contribution is -2.57. The second kappa shape index (κ2) is 8.61. The number of alkyl halides is 6. The van der Waals surface area contributed by atoms with Crippen molar-refractivity contribution < 1.29 is 35.9 Å². The van der Waals surface area contributed by atoms with Crippen LogP contribution in [0.3, 0.4) is 0 Å². The Morgan fingerprint density at radius 2 is 1.71 bits per heavy atom. The molecule has 1 aliphatic carbocycles. The lowest BCUT2D eigenvalue weighted by Gasteiger charge is -2.39. The van der Waals surface area contributed by atoms with Crippen LogP contribution < -0.4 is 10.6 Å². The number of piperidine rings is 1. The fourth-order valence-electron chi connectivity index (χ4n) is 3.58. The Balaban J connectivity index is 1.61. The summed E-state index contributed by atoms with van der Waals surface area (Å²) in [5.41, 5.74) is -3.40. The second-order valence-corrected chi connectivity index (χ2v) is 8.75. The average molecular weight is 452 g/mol. The summed E-state index contributed by atoms with van der Waals surface area (Å²) < 4.78 is 84.1. The molecular formula is C21H26F6N2O2. The van der Waals surface area contributed by atoms with Gasteiger partial charge in [-0.3, -0.25) is 4.79 Å². The molecule has 1 amide bonds. The van der Waals surface area contributed by atoms with E-state index in [0.717, 1.165) is 12.8 Å². The van der Waals surface area contributed by atoms with Gasteiger partial charge in [-0.25, -0.2) is 0 Å². The molecular weight excluding hydrogens is 426 g/mol.